The Labute approximate surface area is 126 Å². The molecule has 6 heteroatoms. The summed E-state index contributed by atoms with van der Waals surface area (Å²) in [5.41, 5.74) is 1.14. The first-order valence-corrected chi connectivity index (χ1v) is 7.78. The zero-order valence-electron chi connectivity index (χ0n) is 13.2. The molecule has 1 aromatic rings. The van der Waals surface area contributed by atoms with Crippen molar-refractivity contribution in [1.29, 1.82) is 0 Å². The lowest BCUT2D eigenvalue weighted by atomic mass is 10.1. The van der Waals surface area contributed by atoms with Gasteiger partial charge in [-0.3, -0.25) is 0 Å². The Morgan fingerprint density at radius 3 is 2.86 bits per heavy atom. The minimum atomic E-state index is -0.152. The van der Waals surface area contributed by atoms with Gasteiger partial charge < -0.3 is 20.1 Å². The summed E-state index contributed by atoms with van der Waals surface area (Å²) >= 11 is 0. The maximum absolute atomic E-state index is 9.37. The van der Waals surface area contributed by atoms with E-state index in [0.717, 1.165) is 43.1 Å². The van der Waals surface area contributed by atoms with E-state index < -0.39 is 0 Å². The molecule has 0 spiro atoms. The lowest BCUT2D eigenvalue weighted by Crippen LogP contribution is -2.48. The minimum Gasteiger partial charge on any atom is -0.394 e. The normalized spacial score (nSPS) is 22.4. The quantitative estimate of drug-likeness (QED) is 0.827. The van der Waals surface area contributed by atoms with Gasteiger partial charge in [0.05, 0.1) is 18.8 Å². The van der Waals surface area contributed by atoms with Crippen LogP contribution in [0.1, 0.15) is 32.8 Å². The van der Waals surface area contributed by atoms with Crippen LogP contribution in [0.25, 0.3) is 0 Å². The van der Waals surface area contributed by atoms with Gasteiger partial charge in [-0.1, -0.05) is 13.8 Å². The second kappa shape index (κ2) is 7.56. The summed E-state index contributed by atoms with van der Waals surface area (Å²) in [6.07, 6.45) is 3.48. The highest BCUT2D eigenvalue weighted by Crippen LogP contribution is 2.26. The van der Waals surface area contributed by atoms with Crippen LogP contribution in [0.3, 0.4) is 0 Å². The van der Waals surface area contributed by atoms with Crippen LogP contribution < -0.4 is 10.2 Å². The van der Waals surface area contributed by atoms with Gasteiger partial charge in [-0.15, -0.1) is 0 Å². The molecule has 1 aromatic heterocycles. The van der Waals surface area contributed by atoms with E-state index in [1.807, 2.05) is 6.92 Å². The summed E-state index contributed by atoms with van der Waals surface area (Å²) in [4.78, 5) is 11.1. The van der Waals surface area contributed by atoms with Gasteiger partial charge in [-0.05, 0) is 19.8 Å². The molecule has 2 unspecified atom stereocenters. The Morgan fingerprint density at radius 1 is 1.38 bits per heavy atom. The summed E-state index contributed by atoms with van der Waals surface area (Å²) in [6.45, 7) is 8.67. The molecule has 1 saturated heterocycles. The summed E-state index contributed by atoms with van der Waals surface area (Å²) in [5.74, 6) is 1.88. The van der Waals surface area contributed by atoms with E-state index in [9.17, 15) is 5.11 Å². The highest BCUT2D eigenvalue weighted by molar-refractivity contribution is 5.59. The summed E-state index contributed by atoms with van der Waals surface area (Å²) in [6, 6.07) is 0. The van der Waals surface area contributed by atoms with Gasteiger partial charge in [-0.25, -0.2) is 9.97 Å². The SMILES string of the molecule is CCCNc1ncnc(N2CC(C)OC(CO)C2)c1CC. The van der Waals surface area contributed by atoms with Crippen molar-refractivity contribution >= 4 is 11.6 Å². The van der Waals surface area contributed by atoms with Crippen molar-refractivity contribution in [1.82, 2.24) is 9.97 Å². The standard InChI is InChI=1S/C15H26N4O2/c1-4-6-16-14-13(5-2)15(18-10-17-14)19-7-11(3)21-12(8-19)9-20/h10-12,20H,4-9H2,1-3H3,(H,16,17,18). The van der Waals surface area contributed by atoms with Crippen molar-refractivity contribution in [2.45, 2.75) is 45.8 Å². The molecule has 0 bridgehead atoms. The number of aromatic nitrogens is 2. The Kier molecular flexibility index (Phi) is 5.76. The average Bonchev–Trinajstić information content (AvgIpc) is 2.51. The van der Waals surface area contributed by atoms with Crippen LogP contribution in [-0.2, 0) is 11.2 Å². The Morgan fingerprint density at radius 2 is 2.19 bits per heavy atom. The number of rotatable bonds is 6. The van der Waals surface area contributed by atoms with Crippen LogP contribution in [0.2, 0.25) is 0 Å². The summed E-state index contributed by atoms with van der Waals surface area (Å²) in [5, 5.41) is 12.7. The van der Waals surface area contributed by atoms with Crippen molar-refractivity contribution in [3.63, 3.8) is 0 Å². The number of ether oxygens (including phenoxy) is 1. The third-order valence-corrected chi connectivity index (χ3v) is 3.65. The van der Waals surface area contributed by atoms with Gasteiger partial charge >= 0.3 is 0 Å². The van der Waals surface area contributed by atoms with Crippen molar-refractivity contribution in [3.8, 4) is 0 Å². The van der Waals surface area contributed by atoms with Crippen molar-refractivity contribution in [2.75, 3.05) is 36.5 Å². The van der Waals surface area contributed by atoms with Crippen molar-refractivity contribution in [2.24, 2.45) is 0 Å². The smallest absolute Gasteiger partial charge is 0.137 e. The second-order valence-electron chi connectivity index (χ2n) is 5.46. The molecule has 0 radical (unpaired) electrons. The van der Waals surface area contributed by atoms with Crippen LogP contribution in [0.5, 0.6) is 0 Å². The number of hydrogen-bond donors (Lipinski definition) is 2. The second-order valence-corrected chi connectivity index (χ2v) is 5.46. The van der Waals surface area contributed by atoms with Gasteiger partial charge in [0, 0.05) is 25.2 Å². The zero-order chi connectivity index (χ0) is 15.2. The van der Waals surface area contributed by atoms with Crippen LogP contribution in [0.15, 0.2) is 6.33 Å². The number of morpholine rings is 1. The zero-order valence-corrected chi connectivity index (χ0v) is 13.2. The number of aliphatic hydroxyl groups is 1. The van der Waals surface area contributed by atoms with Crippen LogP contribution in [0.4, 0.5) is 11.6 Å². The molecule has 6 nitrogen and oxygen atoms in total. The molecule has 2 heterocycles. The molecule has 1 fully saturated rings. The van der Waals surface area contributed by atoms with E-state index in [1.165, 1.54) is 0 Å². The predicted octanol–water partition coefficient (Wildman–Crippen LogP) is 1.45. The van der Waals surface area contributed by atoms with Gasteiger partial charge in [0.15, 0.2) is 0 Å². The molecule has 21 heavy (non-hydrogen) atoms. The number of nitrogens with zero attached hydrogens (tertiary/aromatic N) is 3. The van der Waals surface area contributed by atoms with Gasteiger partial charge in [-0.2, -0.15) is 0 Å². The minimum absolute atomic E-state index is 0.0360. The lowest BCUT2D eigenvalue weighted by Gasteiger charge is -2.37. The molecule has 0 amide bonds. The molecular weight excluding hydrogens is 268 g/mol. The monoisotopic (exact) mass is 294 g/mol. The molecule has 118 valence electrons. The number of hydrogen-bond acceptors (Lipinski definition) is 6. The Bertz CT molecular complexity index is 455. The maximum atomic E-state index is 9.37. The molecule has 0 saturated carbocycles. The molecule has 0 aliphatic carbocycles. The van der Waals surface area contributed by atoms with Crippen LogP contribution >= 0.6 is 0 Å². The van der Waals surface area contributed by atoms with E-state index in [4.69, 9.17) is 4.74 Å². The molecule has 1 aliphatic heterocycles. The van der Waals surface area contributed by atoms with E-state index >= 15 is 0 Å². The first-order chi connectivity index (χ1) is 10.2. The van der Waals surface area contributed by atoms with Gasteiger partial charge in [0.1, 0.15) is 18.0 Å². The van der Waals surface area contributed by atoms with E-state index in [1.54, 1.807) is 6.33 Å². The molecule has 0 aromatic carbocycles. The fourth-order valence-corrected chi connectivity index (χ4v) is 2.72. The molecule has 2 rings (SSSR count). The fraction of sp³-hybridized carbons (Fsp3) is 0.733. The fourth-order valence-electron chi connectivity index (χ4n) is 2.72. The highest BCUT2D eigenvalue weighted by atomic mass is 16.5. The largest absolute Gasteiger partial charge is 0.394 e. The third-order valence-electron chi connectivity index (χ3n) is 3.65. The van der Waals surface area contributed by atoms with E-state index in [0.29, 0.717) is 6.54 Å². The first kappa shape index (κ1) is 16.0. The Hall–Kier alpha value is -1.40. The third kappa shape index (κ3) is 3.83. The first-order valence-electron chi connectivity index (χ1n) is 7.78. The molecular formula is C15H26N4O2. The van der Waals surface area contributed by atoms with Crippen LogP contribution in [-0.4, -0.2) is 53.5 Å². The maximum Gasteiger partial charge on any atom is 0.137 e. The predicted molar refractivity (Wildman–Crippen MR) is 83.8 cm³/mol. The molecule has 2 atom stereocenters. The van der Waals surface area contributed by atoms with Crippen molar-refractivity contribution in [3.05, 3.63) is 11.9 Å². The van der Waals surface area contributed by atoms with Crippen molar-refractivity contribution < 1.29 is 9.84 Å². The topological polar surface area (TPSA) is 70.5 Å². The number of anilines is 2. The number of nitrogens with one attached hydrogen (secondary N) is 1. The van der Waals surface area contributed by atoms with E-state index in [2.05, 4.69) is 34.0 Å². The average molecular weight is 294 g/mol. The van der Waals surface area contributed by atoms with Gasteiger partial charge in [0.2, 0.25) is 0 Å². The van der Waals surface area contributed by atoms with E-state index in [-0.39, 0.29) is 18.8 Å². The molecule has 2 N–H and O–H groups in total. The van der Waals surface area contributed by atoms with Crippen LogP contribution in [0, 0.1) is 0 Å². The lowest BCUT2D eigenvalue weighted by molar-refractivity contribution is -0.0423. The van der Waals surface area contributed by atoms with Gasteiger partial charge in [0.25, 0.3) is 0 Å². The summed E-state index contributed by atoms with van der Waals surface area (Å²) in [7, 11) is 0. The highest BCUT2D eigenvalue weighted by Gasteiger charge is 2.27. The number of aliphatic hydroxyl groups excluding tert-OH is 1. The molecule has 1 aliphatic rings. The summed E-state index contributed by atoms with van der Waals surface area (Å²) < 4.78 is 5.71. The Balaban J connectivity index is 2.25.